The van der Waals surface area contributed by atoms with Crippen LogP contribution in [0.3, 0.4) is 0 Å². The molecule has 0 spiro atoms. The standard InChI is InChI=1S/C15H15Cl2NOS/c1-19-15-8-10(2-7-13(15)17)14(18)9-20-12-5-3-11(16)4-6-12/h2-8,14H,9,18H2,1H3. The molecule has 2 aromatic carbocycles. The molecule has 0 bridgehead atoms. The quantitative estimate of drug-likeness (QED) is 0.801. The van der Waals surface area contributed by atoms with E-state index in [9.17, 15) is 0 Å². The van der Waals surface area contributed by atoms with E-state index < -0.39 is 0 Å². The van der Waals surface area contributed by atoms with Gasteiger partial charge in [0.05, 0.1) is 12.1 Å². The van der Waals surface area contributed by atoms with E-state index in [1.807, 2.05) is 42.5 Å². The molecule has 0 radical (unpaired) electrons. The first-order valence-electron chi connectivity index (χ1n) is 6.07. The van der Waals surface area contributed by atoms with Crippen molar-refractivity contribution in [2.45, 2.75) is 10.9 Å². The lowest BCUT2D eigenvalue weighted by molar-refractivity contribution is 0.414. The molecule has 0 heterocycles. The van der Waals surface area contributed by atoms with Crippen LogP contribution in [0.1, 0.15) is 11.6 Å². The Hall–Kier alpha value is -0.870. The number of methoxy groups -OCH3 is 1. The fourth-order valence-electron chi connectivity index (χ4n) is 1.72. The maximum absolute atomic E-state index is 6.20. The molecule has 0 saturated carbocycles. The van der Waals surface area contributed by atoms with Crippen LogP contribution in [0.15, 0.2) is 47.4 Å². The Bertz CT molecular complexity index is 575. The topological polar surface area (TPSA) is 35.2 Å². The highest BCUT2D eigenvalue weighted by Crippen LogP contribution is 2.30. The third-order valence-corrected chi connectivity index (χ3v) is 4.54. The molecule has 0 amide bonds. The van der Waals surface area contributed by atoms with Crippen molar-refractivity contribution < 1.29 is 4.74 Å². The van der Waals surface area contributed by atoms with Gasteiger partial charge in [0, 0.05) is 21.7 Å². The van der Waals surface area contributed by atoms with Crippen LogP contribution in [-0.4, -0.2) is 12.9 Å². The van der Waals surface area contributed by atoms with Gasteiger partial charge in [-0.2, -0.15) is 0 Å². The van der Waals surface area contributed by atoms with Crippen molar-refractivity contribution in [1.82, 2.24) is 0 Å². The fraction of sp³-hybridized carbons (Fsp3) is 0.200. The zero-order valence-electron chi connectivity index (χ0n) is 11.0. The molecule has 0 saturated heterocycles. The van der Waals surface area contributed by atoms with E-state index in [2.05, 4.69) is 0 Å². The normalized spacial score (nSPS) is 12.2. The van der Waals surface area contributed by atoms with Crippen LogP contribution in [0.4, 0.5) is 0 Å². The predicted molar refractivity (Wildman–Crippen MR) is 87.1 cm³/mol. The zero-order chi connectivity index (χ0) is 14.5. The van der Waals surface area contributed by atoms with E-state index in [0.717, 1.165) is 21.2 Å². The first kappa shape index (κ1) is 15.5. The predicted octanol–water partition coefficient (Wildman–Crippen LogP) is 4.79. The van der Waals surface area contributed by atoms with Crippen LogP contribution in [0, 0.1) is 0 Å². The highest BCUT2D eigenvalue weighted by Gasteiger charge is 2.10. The smallest absolute Gasteiger partial charge is 0.137 e. The largest absolute Gasteiger partial charge is 0.495 e. The Labute approximate surface area is 133 Å². The summed E-state index contributed by atoms with van der Waals surface area (Å²) in [5, 5.41) is 1.33. The number of rotatable bonds is 5. The molecule has 1 unspecified atom stereocenters. The molecule has 2 N–H and O–H groups in total. The number of hydrogen-bond donors (Lipinski definition) is 1. The monoisotopic (exact) mass is 327 g/mol. The first-order chi connectivity index (χ1) is 9.60. The van der Waals surface area contributed by atoms with E-state index in [-0.39, 0.29) is 6.04 Å². The number of ether oxygens (including phenoxy) is 1. The average Bonchev–Trinajstić information content (AvgIpc) is 2.47. The fourth-order valence-corrected chi connectivity index (χ4v) is 2.93. The second-order valence-electron chi connectivity index (χ2n) is 4.27. The van der Waals surface area contributed by atoms with Gasteiger partial charge in [-0.15, -0.1) is 11.8 Å². The van der Waals surface area contributed by atoms with Crippen molar-refractivity contribution in [3.63, 3.8) is 0 Å². The van der Waals surface area contributed by atoms with Crippen molar-refractivity contribution in [2.24, 2.45) is 5.73 Å². The van der Waals surface area contributed by atoms with Gasteiger partial charge >= 0.3 is 0 Å². The Balaban J connectivity index is 2.01. The molecular weight excluding hydrogens is 313 g/mol. The van der Waals surface area contributed by atoms with Gasteiger partial charge in [0.25, 0.3) is 0 Å². The summed E-state index contributed by atoms with van der Waals surface area (Å²) < 4.78 is 5.20. The summed E-state index contributed by atoms with van der Waals surface area (Å²) in [7, 11) is 1.60. The molecular formula is C15H15Cl2NOS. The van der Waals surface area contributed by atoms with Crippen LogP contribution in [0.5, 0.6) is 5.75 Å². The minimum atomic E-state index is -0.0816. The van der Waals surface area contributed by atoms with Gasteiger partial charge in [-0.1, -0.05) is 29.3 Å². The molecule has 0 aliphatic heterocycles. The Morgan fingerprint density at radius 1 is 1.15 bits per heavy atom. The maximum atomic E-state index is 6.20. The summed E-state index contributed by atoms with van der Waals surface area (Å²) >= 11 is 13.6. The third kappa shape index (κ3) is 4.06. The molecule has 5 heteroatoms. The van der Waals surface area contributed by atoms with Crippen molar-refractivity contribution in [1.29, 1.82) is 0 Å². The molecule has 20 heavy (non-hydrogen) atoms. The number of nitrogens with two attached hydrogens (primary N) is 1. The van der Waals surface area contributed by atoms with Crippen molar-refractivity contribution >= 4 is 35.0 Å². The first-order valence-corrected chi connectivity index (χ1v) is 7.81. The van der Waals surface area contributed by atoms with Crippen molar-refractivity contribution in [3.05, 3.63) is 58.1 Å². The van der Waals surface area contributed by atoms with Gasteiger partial charge in [0.15, 0.2) is 0 Å². The highest BCUT2D eigenvalue weighted by atomic mass is 35.5. The van der Waals surface area contributed by atoms with Crippen molar-refractivity contribution in [2.75, 3.05) is 12.9 Å². The van der Waals surface area contributed by atoms with E-state index in [1.165, 1.54) is 0 Å². The SMILES string of the molecule is COc1cc(C(N)CSc2ccc(Cl)cc2)ccc1Cl. The number of hydrogen-bond acceptors (Lipinski definition) is 3. The van der Waals surface area contributed by atoms with Gasteiger partial charge in [-0.3, -0.25) is 0 Å². The molecule has 0 aromatic heterocycles. The third-order valence-electron chi connectivity index (χ3n) is 2.85. The lowest BCUT2D eigenvalue weighted by Crippen LogP contribution is -2.13. The summed E-state index contributed by atoms with van der Waals surface area (Å²) in [5.41, 5.74) is 7.21. The lowest BCUT2D eigenvalue weighted by atomic mass is 10.1. The van der Waals surface area contributed by atoms with E-state index >= 15 is 0 Å². The molecule has 0 aliphatic rings. The van der Waals surface area contributed by atoms with E-state index in [4.69, 9.17) is 33.7 Å². The average molecular weight is 328 g/mol. The van der Waals surface area contributed by atoms with Gasteiger partial charge < -0.3 is 10.5 Å². The van der Waals surface area contributed by atoms with Crippen LogP contribution in [-0.2, 0) is 0 Å². The van der Waals surface area contributed by atoms with Gasteiger partial charge in [0.1, 0.15) is 5.75 Å². The van der Waals surface area contributed by atoms with Crippen LogP contribution >= 0.6 is 35.0 Å². The zero-order valence-corrected chi connectivity index (χ0v) is 13.3. The summed E-state index contributed by atoms with van der Waals surface area (Å²) in [6.45, 7) is 0. The summed E-state index contributed by atoms with van der Waals surface area (Å²) in [4.78, 5) is 1.14. The molecule has 2 aromatic rings. The number of halogens is 2. The summed E-state index contributed by atoms with van der Waals surface area (Å²) in [6, 6.07) is 13.3. The molecule has 106 valence electrons. The Morgan fingerprint density at radius 3 is 2.50 bits per heavy atom. The lowest BCUT2D eigenvalue weighted by Gasteiger charge is -2.13. The number of thioether (sulfide) groups is 1. The summed E-state index contributed by atoms with van der Waals surface area (Å²) in [5.74, 6) is 1.42. The minimum Gasteiger partial charge on any atom is -0.495 e. The number of benzene rings is 2. The Morgan fingerprint density at radius 2 is 1.85 bits per heavy atom. The molecule has 2 nitrogen and oxygen atoms in total. The molecule has 0 aliphatic carbocycles. The molecule has 1 atom stereocenters. The van der Waals surface area contributed by atoms with Gasteiger partial charge in [0.2, 0.25) is 0 Å². The van der Waals surface area contributed by atoms with Gasteiger partial charge in [-0.25, -0.2) is 0 Å². The van der Waals surface area contributed by atoms with E-state index in [0.29, 0.717) is 10.8 Å². The van der Waals surface area contributed by atoms with Crippen LogP contribution < -0.4 is 10.5 Å². The Kier molecular flexibility index (Phi) is 5.61. The molecule has 2 rings (SSSR count). The summed E-state index contributed by atoms with van der Waals surface area (Å²) in [6.07, 6.45) is 0. The maximum Gasteiger partial charge on any atom is 0.137 e. The van der Waals surface area contributed by atoms with Crippen LogP contribution in [0.2, 0.25) is 10.0 Å². The second-order valence-corrected chi connectivity index (χ2v) is 6.20. The van der Waals surface area contributed by atoms with E-state index in [1.54, 1.807) is 18.9 Å². The second kappa shape index (κ2) is 7.23. The van der Waals surface area contributed by atoms with Gasteiger partial charge in [-0.05, 0) is 42.0 Å². The molecule has 0 fully saturated rings. The minimum absolute atomic E-state index is 0.0816. The van der Waals surface area contributed by atoms with Crippen molar-refractivity contribution in [3.8, 4) is 5.75 Å². The van der Waals surface area contributed by atoms with Crippen LogP contribution in [0.25, 0.3) is 0 Å². The highest BCUT2D eigenvalue weighted by molar-refractivity contribution is 7.99.